The molecule has 1 fully saturated rings. The number of nitro groups is 1. The lowest BCUT2D eigenvalue weighted by atomic mass is 10.0. The largest absolute Gasteiger partial charge is 0.465 e. The number of carbonyl (C=O) groups is 1. The lowest BCUT2D eigenvalue weighted by Gasteiger charge is -2.16. The zero-order valence-electron chi connectivity index (χ0n) is 11.8. The van der Waals surface area contributed by atoms with E-state index in [0.717, 1.165) is 24.6 Å². The number of nitrogens with zero attached hydrogens (tertiary/aromatic N) is 2. The Morgan fingerprint density at radius 3 is 2.48 bits per heavy atom. The van der Waals surface area contributed by atoms with Gasteiger partial charge in [-0.2, -0.15) is 0 Å². The number of aromatic nitrogens is 1. The van der Waals surface area contributed by atoms with Gasteiger partial charge in [-0.15, -0.1) is 0 Å². The van der Waals surface area contributed by atoms with Crippen molar-refractivity contribution in [2.75, 3.05) is 0 Å². The highest BCUT2D eigenvalue weighted by atomic mass is 35.5. The molecule has 1 aromatic carbocycles. The predicted molar refractivity (Wildman–Crippen MR) is 83.4 cm³/mol. The maximum absolute atomic E-state index is 10.9. The quantitative estimate of drug-likeness (QED) is 0.657. The summed E-state index contributed by atoms with van der Waals surface area (Å²) < 4.78 is 0. The molecule has 2 aromatic rings. The third-order valence-corrected chi connectivity index (χ3v) is 4.13. The molecule has 0 saturated heterocycles. The van der Waals surface area contributed by atoms with Crippen LogP contribution in [0.5, 0.6) is 0 Å². The van der Waals surface area contributed by atoms with Crippen LogP contribution in [-0.4, -0.2) is 21.1 Å². The fraction of sp³-hybridized carbons (Fsp3) is 0.200. The van der Waals surface area contributed by atoms with E-state index in [1.807, 2.05) is 12.1 Å². The number of rotatable bonds is 4. The van der Waals surface area contributed by atoms with Crippen molar-refractivity contribution in [1.29, 1.82) is 0 Å². The molecule has 23 heavy (non-hydrogen) atoms. The van der Waals surface area contributed by atoms with E-state index in [9.17, 15) is 14.9 Å². The first kappa shape index (κ1) is 15.2. The lowest BCUT2D eigenvalue weighted by molar-refractivity contribution is -0.385. The molecule has 0 spiro atoms. The van der Waals surface area contributed by atoms with Gasteiger partial charge in [0.2, 0.25) is 0 Å². The van der Waals surface area contributed by atoms with Gasteiger partial charge in [-0.05, 0) is 18.4 Å². The number of nitrogens with one attached hydrogen (secondary N) is 1. The molecular formula is C15H12ClN3O4. The first-order valence-electron chi connectivity index (χ1n) is 6.83. The minimum absolute atomic E-state index is 0.169. The van der Waals surface area contributed by atoms with Crippen LogP contribution in [0.15, 0.2) is 36.5 Å². The van der Waals surface area contributed by atoms with Crippen molar-refractivity contribution in [1.82, 2.24) is 10.3 Å². The molecule has 0 radical (unpaired) electrons. The monoisotopic (exact) mass is 333 g/mol. The van der Waals surface area contributed by atoms with Gasteiger partial charge in [0.1, 0.15) is 6.20 Å². The van der Waals surface area contributed by atoms with Crippen molar-refractivity contribution in [3.63, 3.8) is 0 Å². The summed E-state index contributed by atoms with van der Waals surface area (Å²) in [4.78, 5) is 25.0. The standard InChI is InChI=1S/C15H12ClN3O4/c16-12-7-11(19(22)23)8-17-13(12)9-1-3-10(4-2-9)15(5-6-15)18-14(20)21/h1-4,7-8,18H,5-6H2,(H,20,21). The Kier molecular flexibility index (Phi) is 3.65. The predicted octanol–water partition coefficient (Wildman–Crippen LogP) is 3.57. The van der Waals surface area contributed by atoms with Crippen LogP contribution < -0.4 is 5.32 Å². The number of pyridine rings is 1. The number of benzene rings is 1. The van der Waals surface area contributed by atoms with Gasteiger partial charge >= 0.3 is 6.09 Å². The molecule has 1 aliphatic rings. The van der Waals surface area contributed by atoms with Crippen LogP contribution in [0.2, 0.25) is 5.02 Å². The number of hydrogen-bond acceptors (Lipinski definition) is 4. The summed E-state index contributed by atoms with van der Waals surface area (Å²) in [6.07, 6.45) is 1.63. The van der Waals surface area contributed by atoms with Gasteiger partial charge in [0.15, 0.2) is 0 Å². The Balaban J connectivity index is 1.88. The Morgan fingerprint density at radius 1 is 1.35 bits per heavy atom. The summed E-state index contributed by atoms with van der Waals surface area (Å²) in [6.45, 7) is 0. The maximum Gasteiger partial charge on any atom is 0.405 e. The van der Waals surface area contributed by atoms with E-state index in [2.05, 4.69) is 10.3 Å². The smallest absolute Gasteiger partial charge is 0.405 e. The van der Waals surface area contributed by atoms with Gasteiger partial charge < -0.3 is 10.4 Å². The van der Waals surface area contributed by atoms with E-state index in [1.165, 1.54) is 6.07 Å². The molecule has 1 amide bonds. The Hall–Kier alpha value is -2.67. The molecule has 0 aliphatic heterocycles. The lowest BCUT2D eigenvalue weighted by Crippen LogP contribution is -2.33. The third-order valence-electron chi connectivity index (χ3n) is 3.84. The van der Waals surface area contributed by atoms with Crippen molar-refractivity contribution in [2.45, 2.75) is 18.4 Å². The first-order valence-corrected chi connectivity index (χ1v) is 7.21. The zero-order chi connectivity index (χ0) is 16.6. The van der Waals surface area contributed by atoms with Crippen LogP contribution in [0.4, 0.5) is 10.5 Å². The number of hydrogen-bond donors (Lipinski definition) is 2. The maximum atomic E-state index is 10.9. The second-order valence-electron chi connectivity index (χ2n) is 5.37. The highest BCUT2D eigenvalue weighted by Crippen LogP contribution is 2.45. The van der Waals surface area contributed by atoms with Crippen molar-refractivity contribution >= 4 is 23.4 Å². The molecule has 0 unspecified atom stereocenters. The Bertz CT molecular complexity index is 788. The van der Waals surface area contributed by atoms with E-state index in [4.69, 9.17) is 16.7 Å². The van der Waals surface area contributed by atoms with Crippen molar-refractivity contribution < 1.29 is 14.8 Å². The third kappa shape index (κ3) is 2.95. The average molecular weight is 334 g/mol. The summed E-state index contributed by atoms with van der Waals surface area (Å²) >= 11 is 6.06. The number of halogens is 1. The van der Waals surface area contributed by atoms with Gasteiger partial charge in [-0.3, -0.25) is 10.1 Å². The second kappa shape index (κ2) is 5.51. The molecule has 1 saturated carbocycles. The molecule has 1 aromatic heterocycles. The minimum Gasteiger partial charge on any atom is -0.465 e. The van der Waals surface area contributed by atoms with E-state index >= 15 is 0 Å². The molecule has 118 valence electrons. The summed E-state index contributed by atoms with van der Waals surface area (Å²) in [5.74, 6) is 0. The molecule has 0 bridgehead atoms. The summed E-state index contributed by atoms with van der Waals surface area (Å²) in [6, 6.07) is 8.44. The van der Waals surface area contributed by atoms with E-state index < -0.39 is 16.6 Å². The van der Waals surface area contributed by atoms with Crippen molar-refractivity contribution in [2.24, 2.45) is 0 Å². The first-order chi connectivity index (χ1) is 10.9. The zero-order valence-corrected chi connectivity index (χ0v) is 12.6. The van der Waals surface area contributed by atoms with Gasteiger partial charge in [0.25, 0.3) is 5.69 Å². The van der Waals surface area contributed by atoms with Crippen LogP contribution >= 0.6 is 11.6 Å². The van der Waals surface area contributed by atoms with E-state index in [1.54, 1.807) is 12.1 Å². The van der Waals surface area contributed by atoms with E-state index in [-0.39, 0.29) is 10.7 Å². The van der Waals surface area contributed by atoms with E-state index in [0.29, 0.717) is 11.3 Å². The fourth-order valence-corrected chi connectivity index (χ4v) is 2.77. The molecule has 8 heteroatoms. The van der Waals surface area contributed by atoms with Crippen LogP contribution in [0.25, 0.3) is 11.3 Å². The second-order valence-corrected chi connectivity index (χ2v) is 5.78. The normalized spacial score (nSPS) is 15.0. The molecule has 7 nitrogen and oxygen atoms in total. The molecule has 2 N–H and O–H groups in total. The van der Waals surface area contributed by atoms with Crippen LogP contribution in [0, 0.1) is 10.1 Å². The van der Waals surface area contributed by atoms with Crippen LogP contribution in [-0.2, 0) is 5.54 Å². The highest BCUT2D eigenvalue weighted by Gasteiger charge is 2.45. The molecule has 0 atom stereocenters. The van der Waals surface area contributed by atoms with Crippen molar-refractivity contribution in [3.8, 4) is 11.3 Å². The van der Waals surface area contributed by atoms with Crippen LogP contribution in [0.3, 0.4) is 0 Å². The van der Waals surface area contributed by atoms with Crippen molar-refractivity contribution in [3.05, 3.63) is 57.2 Å². The summed E-state index contributed by atoms with van der Waals surface area (Å²) in [5, 5.41) is 22.3. The van der Waals surface area contributed by atoms with Gasteiger partial charge in [0.05, 0.1) is 21.2 Å². The highest BCUT2D eigenvalue weighted by molar-refractivity contribution is 6.33. The summed E-state index contributed by atoms with van der Waals surface area (Å²) in [5.41, 5.74) is 1.36. The van der Waals surface area contributed by atoms with Gasteiger partial charge in [0, 0.05) is 11.6 Å². The molecule has 1 heterocycles. The SMILES string of the molecule is O=C(O)NC1(c2ccc(-c3ncc([N+](=O)[O-])cc3Cl)cc2)CC1. The molecule has 1 aliphatic carbocycles. The fourth-order valence-electron chi connectivity index (χ4n) is 2.50. The molecular weight excluding hydrogens is 322 g/mol. The average Bonchev–Trinajstić information content (AvgIpc) is 3.27. The molecule has 3 rings (SSSR count). The Morgan fingerprint density at radius 2 is 2.00 bits per heavy atom. The number of amides is 1. The van der Waals surface area contributed by atoms with Gasteiger partial charge in [-0.25, -0.2) is 9.78 Å². The topological polar surface area (TPSA) is 105 Å². The van der Waals surface area contributed by atoms with Crippen LogP contribution in [0.1, 0.15) is 18.4 Å². The number of carboxylic acid groups (broad SMARTS) is 1. The minimum atomic E-state index is -1.05. The van der Waals surface area contributed by atoms with Gasteiger partial charge in [-0.1, -0.05) is 35.9 Å². The summed E-state index contributed by atoms with van der Waals surface area (Å²) in [7, 11) is 0. The Labute approximate surface area is 136 Å².